The Kier molecular flexibility index (Phi) is 5.70. The minimum absolute atomic E-state index is 0.106. The lowest BCUT2D eigenvalue weighted by molar-refractivity contribution is -0.141. The molecule has 0 bridgehead atoms. The fraction of sp³-hybridized carbons (Fsp3) is 0.846. The third kappa shape index (κ3) is 3.38. The first-order valence-corrected chi connectivity index (χ1v) is 7.82. The first-order chi connectivity index (χ1) is 9.26. The lowest BCUT2D eigenvalue weighted by Crippen LogP contribution is -2.57. The summed E-state index contributed by atoms with van der Waals surface area (Å²) in [6.07, 6.45) is 1.66. The summed E-state index contributed by atoms with van der Waals surface area (Å²) in [7, 11) is 1.60. The predicted molar refractivity (Wildman–Crippen MR) is 78.7 cm³/mol. The van der Waals surface area contributed by atoms with Gasteiger partial charge in [-0.15, -0.1) is 11.8 Å². The van der Waals surface area contributed by atoms with E-state index in [0.717, 1.165) is 12.8 Å². The van der Waals surface area contributed by atoms with E-state index in [4.69, 9.17) is 0 Å². The second-order valence-electron chi connectivity index (χ2n) is 5.65. The molecule has 0 aromatic rings. The molecule has 0 radical (unpaired) electrons. The van der Waals surface area contributed by atoms with Crippen LogP contribution in [-0.2, 0) is 4.79 Å². The number of aliphatic hydroxyl groups is 1. The van der Waals surface area contributed by atoms with Crippen molar-refractivity contribution in [1.82, 2.24) is 9.80 Å². The number of rotatable bonds is 5. The molecule has 1 fully saturated rings. The summed E-state index contributed by atoms with van der Waals surface area (Å²) in [6, 6.07) is -1.12. The van der Waals surface area contributed by atoms with Crippen molar-refractivity contribution in [3.8, 4) is 0 Å². The van der Waals surface area contributed by atoms with Gasteiger partial charge in [-0.2, -0.15) is 0 Å². The molecule has 0 saturated carbocycles. The molecule has 7 heteroatoms. The maximum absolute atomic E-state index is 12.6. The second kappa shape index (κ2) is 6.67. The standard InChI is InChI=1S/C13H24N2O4S/c1-5-6-10-15(9(7-20-10)11(17)18)12(19)14(4)13(2,3)8-16/h9-10,16H,5-8H2,1-4H3,(H,17,18). The van der Waals surface area contributed by atoms with Gasteiger partial charge < -0.3 is 15.1 Å². The van der Waals surface area contributed by atoms with Crippen LogP contribution in [0.15, 0.2) is 0 Å². The molecule has 2 amide bonds. The van der Waals surface area contributed by atoms with Crippen LogP contribution in [0.1, 0.15) is 33.6 Å². The highest BCUT2D eigenvalue weighted by molar-refractivity contribution is 8.00. The van der Waals surface area contributed by atoms with Gasteiger partial charge >= 0.3 is 12.0 Å². The van der Waals surface area contributed by atoms with Crippen molar-refractivity contribution < 1.29 is 19.8 Å². The number of hydrogen-bond donors (Lipinski definition) is 2. The van der Waals surface area contributed by atoms with E-state index in [0.29, 0.717) is 5.75 Å². The summed E-state index contributed by atoms with van der Waals surface area (Å²) in [4.78, 5) is 26.8. The number of carboxylic acid groups (broad SMARTS) is 1. The van der Waals surface area contributed by atoms with E-state index in [1.54, 1.807) is 20.9 Å². The fourth-order valence-corrected chi connectivity index (χ4v) is 3.53. The number of nitrogens with zero attached hydrogens (tertiary/aromatic N) is 2. The summed E-state index contributed by atoms with van der Waals surface area (Å²) in [5.74, 6) is -0.557. The molecule has 1 aliphatic heterocycles. The number of likely N-dealkylation sites (N-methyl/N-ethyl adjacent to an activating group) is 1. The molecule has 6 nitrogen and oxygen atoms in total. The van der Waals surface area contributed by atoms with Crippen molar-refractivity contribution in [3.63, 3.8) is 0 Å². The Morgan fingerprint density at radius 2 is 2.05 bits per heavy atom. The Balaban J connectivity index is 2.97. The Hall–Kier alpha value is -0.950. The molecule has 1 saturated heterocycles. The number of thioether (sulfide) groups is 1. The van der Waals surface area contributed by atoms with E-state index in [9.17, 15) is 19.8 Å². The highest BCUT2D eigenvalue weighted by Crippen LogP contribution is 2.34. The normalized spacial score (nSPS) is 22.9. The van der Waals surface area contributed by atoms with Gasteiger partial charge in [-0.3, -0.25) is 4.90 Å². The van der Waals surface area contributed by atoms with Crippen LogP contribution < -0.4 is 0 Å². The minimum atomic E-state index is -0.973. The molecule has 1 heterocycles. The van der Waals surface area contributed by atoms with E-state index in [2.05, 4.69) is 0 Å². The quantitative estimate of drug-likeness (QED) is 0.803. The van der Waals surface area contributed by atoms with E-state index < -0.39 is 17.6 Å². The van der Waals surface area contributed by atoms with Crippen LogP contribution in [0.4, 0.5) is 4.79 Å². The van der Waals surface area contributed by atoms with Crippen LogP contribution in [0.2, 0.25) is 0 Å². The number of urea groups is 1. The van der Waals surface area contributed by atoms with Gasteiger partial charge in [0.15, 0.2) is 0 Å². The molecule has 0 aromatic heterocycles. The molecule has 0 spiro atoms. The monoisotopic (exact) mass is 304 g/mol. The summed E-state index contributed by atoms with van der Waals surface area (Å²) < 4.78 is 0. The maximum atomic E-state index is 12.6. The first kappa shape index (κ1) is 17.1. The average Bonchev–Trinajstić information content (AvgIpc) is 2.81. The predicted octanol–water partition coefficient (Wildman–Crippen LogP) is 1.44. The topological polar surface area (TPSA) is 81.1 Å². The Labute approximate surface area is 124 Å². The van der Waals surface area contributed by atoms with E-state index in [1.807, 2.05) is 6.92 Å². The molecule has 0 aliphatic carbocycles. The van der Waals surface area contributed by atoms with Gasteiger partial charge in [-0.05, 0) is 20.3 Å². The van der Waals surface area contributed by atoms with E-state index in [1.165, 1.54) is 21.6 Å². The van der Waals surface area contributed by atoms with Crippen molar-refractivity contribution in [2.45, 2.75) is 50.6 Å². The molecule has 1 rings (SSSR count). The van der Waals surface area contributed by atoms with Gasteiger partial charge in [0.25, 0.3) is 0 Å². The van der Waals surface area contributed by atoms with Crippen LogP contribution in [-0.4, -0.2) is 68.4 Å². The third-order valence-electron chi connectivity index (χ3n) is 3.72. The number of amides is 2. The van der Waals surface area contributed by atoms with Crippen molar-refractivity contribution in [3.05, 3.63) is 0 Å². The van der Waals surface area contributed by atoms with Crippen LogP contribution in [0.25, 0.3) is 0 Å². The van der Waals surface area contributed by atoms with E-state index >= 15 is 0 Å². The lowest BCUT2D eigenvalue weighted by atomic mass is 10.1. The Bertz CT molecular complexity index is 375. The smallest absolute Gasteiger partial charge is 0.327 e. The van der Waals surface area contributed by atoms with Crippen molar-refractivity contribution >= 4 is 23.8 Å². The molecule has 2 unspecified atom stereocenters. The molecule has 0 aromatic carbocycles. The number of carbonyl (C=O) groups excluding carboxylic acids is 1. The highest BCUT2D eigenvalue weighted by Gasteiger charge is 2.44. The number of carboxylic acids is 1. The van der Waals surface area contributed by atoms with Crippen molar-refractivity contribution in [2.24, 2.45) is 0 Å². The molecule has 116 valence electrons. The Morgan fingerprint density at radius 1 is 1.45 bits per heavy atom. The molecule has 2 N–H and O–H groups in total. The lowest BCUT2D eigenvalue weighted by Gasteiger charge is -2.39. The van der Waals surface area contributed by atoms with Gasteiger partial charge in [-0.1, -0.05) is 13.3 Å². The van der Waals surface area contributed by atoms with Crippen molar-refractivity contribution in [1.29, 1.82) is 0 Å². The van der Waals surface area contributed by atoms with Gasteiger partial charge in [0.2, 0.25) is 0 Å². The summed E-state index contributed by atoms with van der Waals surface area (Å²) in [6.45, 7) is 5.34. The number of aliphatic carboxylic acids is 1. The Morgan fingerprint density at radius 3 is 2.50 bits per heavy atom. The van der Waals surface area contributed by atoms with Gasteiger partial charge in [0, 0.05) is 12.8 Å². The number of hydrogen-bond acceptors (Lipinski definition) is 4. The largest absolute Gasteiger partial charge is 0.480 e. The second-order valence-corrected chi connectivity index (χ2v) is 6.86. The highest BCUT2D eigenvalue weighted by atomic mass is 32.2. The van der Waals surface area contributed by atoms with Crippen LogP contribution in [0.5, 0.6) is 0 Å². The zero-order valence-electron chi connectivity index (χ0n) is 12.5. The SMILES string of the molecule is CCCC1SCC(C(=O)O)N1C(=O)N(C)C(C)(C)CO. The molecule has 1 aliphatic rings. The summed E-state index contributed by atoms with van der Waals surface area (Å²) in [5, 5.41) is 18.5. The third-order valence-corrected chi connectivity index (χ3v) is 5.07. The summed E-state index contributed by atoms with van der Waals surface area (Å²) in [5.41, 5.74) is -0.718. The zero-order chi connectivity index (χ0) is 15.5. The molecule has 20 heavy (non-hydrogen) atoms. The number of carbonyl (C=O) groups is 2. The minimum Gasteiger partial charge on any atom is -0.480 e. The van der Waals surface area contributed by atoms with E-state index in [-0.39, 0.29) is 18.0 Å². The molecular formula is C13H24N2O4S. The molecule has 2 atom stereocenters. The fourth-order valence-electron chi connectivity index (χ4n) is 2.02. The zero-order valence-corrected chi connectivity index (χ0v) is 13.3. The van der Waals surface area contributed by atoms with Crippen LogP contribution >= 0.6 is 11.8 Å². The van der Waals surface area contributed by atoms with Crippen LogP contribution in [0, 0.1) is 0 Å². The van der Waals surface area contributed by atoms with Gasteiger partial charge in [0.1, 0.15) is 6.04 Å². The van der Waals surface area contributed by atoms with Crippen molar-refractivity contribution in [2.75, 3.05) is 19.4 Å². The van der Waals surface area contributed by atoms with Crippen LogP contribution in [0.3, 0.4) is 0 Å². The molecular weight excluding hydrogens is 280 g/mol. The summed E-state index contributed by atoms with van der Waals surface area (Å²) >= 11 is 1.51. The first-order valence-electron chi connectivity index (χ1n) is 6.77. The number of aliphatic hydroxyl groups excluding tert-OH is 1. The van der Waals surface area contributed by atoms with Gasteiger partial charge in [0.05, 0.1) is 17.5 Å². The average molecular weight is 304 g/mol. The maximum Gasteiger partial charge on any atom is 0.327 e. The van der Waals surface area contributed by atoms with Gasteiger partial charge in [-0.25, -0.2) is 9.59 Å².